The van der Waals surface area contributed by atoms with Gasteiger partial charge in [-0.3, -0.25) is 0 Å². The highest BCUT2D eigenvalue weighted by Crippen LogP contribution is 2.15. The average Bonchev–Trinajstić information content (AvgIpc) is 2.47. The quantitative estimate of drug-likeness (QED) is 0.700. The molecule has 0 fully saturated rings. The van der Waals surface area contributed by atoms with Crippen molar-refractivity contribution in [2.45, 2.75) is 32.4 Å². The summed E-state index contributed by atoms with van der Waals surface area (Å²) in [6.07, 6.45) is 1.05. The van der Waals surface area contributed by atoms with Gasteiger partial charge in [-0.1, -0.05) is 30.3 Å². The summed E-state index contributed by atoms with van der Waals surface area (Å²) in [5, 5.41) is 0. The fourth-order valence-corrected chi connectivity index (χ4v) is 1.53. The van der Waals surface area contributed by atoms with Crippen LogP contribution in [0, 0.1) is 0 Å². The average molecular weight is 189 g/mol. The van der Waals surface area contributed by atoms with Crippen molar-refractivity contribution in [3.05, 3.63) is 35.9 Å². The highest BCUT2D eigenvalue weighted by molar-refractivity contribution is 5.80. The van der Waals surface area contributed by atoms with Crippen LogP contribution in [0.2, 0.25) is 0 Å². The number of rotatable bonds is 2. The molecule has 2 atom stereocenters. The third-order valence-electron chi connectivity index (χ3n) is 2.55. The molecule has 0 radical (unpaired) electrons. The summed E-state index contributed by atoms with van der Waals surface area (Å²) in [6.45, 7) is 4.15. The van der Waals surface area contributed by atoms with E-state index >= 15 is 0 Å². The fourth-order valence-electron chi connectivity index (χ4n) is 1.53. The molecule has 0 aromatic heterocycles. The van der Waals surface area contributed by atoms with Gasteiger partial charge in [-0.15, -0.1) is 0 Å². The first-order valence-electron chi connectivity index (χ1n) is 5.03. The maximum absolute atomic E-state index is 5.63. The lowest BCUT2D eigenvalue weighted by Crippen LogP contribution is -2.15. The van der Waals surface area contributed by atoms with Crippen LogP contribution in [0.15, 0.2) is 35.3 Å². The standard InChI is InChI=1S/C12H15NO/c1-9-10(2)14-12(13-9)8-11-6-4-3-5-7-11/h3-7,9-10H,8H2,1-2H3. The van der Waals surface area contributed by atoms with E-state index in [1.54, 1.807) is 0 Å². The molecule has 2 unspecified atom stereocenters. The maximum Gasteiger partial charge on any atom is 0.188 e. The van der Waals surface area contributed by atoms with Crippen LogP contribution in [0.5, 0.6) is 0 Å². The van der Waals surface area contributed by atoms with Crippen LogP contribution in [-0.4, -0.2) is 18.0 Å². The van der Waals surface area contributed by atoms with Gasteiger partial charge in [-0.25, -0.2) is 4.99 Å². The third-order valence-corrected chi connectivity index (χ3v) is 2.55. The number of hydrogen-bond donors (Lipinski definition) is 0. The van der Waals surface area contributed by atoms with Crippen molar-refractivity contribution in [2.75, 3.05) is 0 Å². The predicted molar refractivity (Wildman–Crippen MR) is 57.6 cm³/mol. The highest BCUT2D eigenvalue weighted by atomic mass is 16.5. The molecule has 74 valence electrons. The molecule has 0 bridgehead atoms. The van der Waals surface area contributed by atoms with E-state index in [9.17, 15) is 0 Å². The van der Waals surface area contributed by atoms with Crippen LogP contribution < -0.4 is 0 Å². The second-order valence-corrected chi connectivity index (χ2v) is 3.75. The molecule has 1 aromatic carbocycles. The first-order valence-corrected chi connectivity index (χ1v) is 5.03. The lowest BCUT2D eigenvalue weighted by atomic mass is 10.1. The van der Waals surface area contributed by atoms with Crippen molar-refractivity contribution < 1.29 is 4.74 Å². The van der Waals surface area contributed by atoms with Gasteiger partial charge >= 0.3 is 0 Å². The zero-order chi connectivity index (χ0) is 9.97. The number of benzene rings is 1. The minimum absolute atomic E-state index is 0.230. The number of nitrogens with zero attached hydrogens (tertiary/aromatic N) is 1. The summed E-state index contributed by atoms with van der Waals surface area (Å²) in [5.74, 6) is 0.871. The Labute approximate surface area is 84.6 Å². The summed E-state index contributed by atoms with van der Waals surface area (Å²) in [4.78, 5) is 4.46. The third kappa shape index (κ3) is 1.95. The fraction of sp³-hybridized carbons (Fsp3) is 0.417. The molecule has 2 rings (SSSR count). The van der Waals surface area contributed by atoms with E-state index in [-0.39, 0.29) is 6.10 Å². The van der Waals surface area contributed by atoms with E-state index in [2.05, 4.69) is 31.0 Å². The minimum atomic E-state index is 0.230. The summed E-state index contributed by atoms with van der Waals surface area (Å²) in [6, 6.07) is 10.6. The molecule has 0 spiro atoms. The number of hydrogen-bond acceptors (Lipinski definition) is 2. The van der Waals surface area contributed by atoms with Crippen LogP contribution in [0.1, 0.15) is 19.4 Å². The number of ether oxygens (including phenoxy) is 1. The van der Waals surface area contributed by atoms with Crippen LogP contribution >= 0.6 is 0 Å². The van der Waals surface area contributed by atoms with Gasteiger partial charge in [0.15, 0.2) is 5.90 Å². The minimum Gasteiger partial charge on any atom is -0.475 e. The van der Waals surface area contributed by atoms with Gasteiger partial charge in [0.05, 0.1) is 6.04 Å². The predicted octanol–water partition coefficient (Wildman–Crippen LogP) is 2.43. The van der Waals surface area contributed by atoms with Crippen LogP contribution in [0.4, 0.5) is 0 Å². The van der Waals surface area contributed by atoms with Gasteiger partial charge in [0.25, 0.3) is 0 Å². The molecular weight excluding hydrogens is 174 g/mol. The van der Waals surface area contributed by atoms with E-state index in [0.29, 0.717) is 6.04 Å². The van der Waals surface area contributed by atoms with Crippen LogP contribution in [0.3, 0.4) is 0 Å². The molecule has 1 aliphatic rings. The van der Waals surface area contributed by atoms with Crippen molar-refractivity contribution in [1.29, 1.82) is 0 Å². The highest BCUT2D eigenvalue weighted by Gasteiger charge is 2.22. The van der Waals surface area contributed by atoms with Gasteiger partial charge in [0.2, 0.25) is 0 Å². The molecule has 1 aliphatic heterocycles. The van der Waals surface area contributed by atoms with E-state index in [0.717, 1.165) is 12.3 Å². The molecule has 14 heavy (non-hydrogen) atoms. The summed E-state index contributed by atoms with van der Waals surface area (Å²) in [5.41, 5.74) is 1.26. The normalized spacial score (nSPS) is 25.7. The Morgan fingerprint density at radius 1 is 1.21 bits per heavy atom. The molecule has 0 amide bonds. The Hall–Kier alpha value is -1.31. The lowest BCUT2D eigenvalue weighted by molar-refractivity contribution is 0.214. The molecule has 1 heterocycles. The Balaban J connectivity index is 2.03. The van der Waals surface area contributed by atoms with Crippen molar-refractivity contribution in [3.8, 4) is 0 Å². The summed E-state index contributed by atoms with van der Waals surface area (Å²) >= 11 is 0. The topological polar surface area (TPSA) is 21.6 Å². The van der Waals surface area contributed by atoms with Crippen LogP contribution in [0.25, 0.3) is 0 Å². The second kappa shape index (κ2) is 3.82. The zero-order valence-corrected chi connectivity index (χ0v) is 8.60. The van der Waals surface area contributed by atoms with E-state index in [1.807, 2.05) is 18.2 Å². The first kappa shape index (κ1) is 9.25. The zero-order valence-electron chi connectivity index (χ0n) is 8.60. The molecule has 2 nitrogen and oxygen atoms in total. The molecule has 0 saturated heterocycles. The van der Waals surface area contributed by atoms with Crippen molar-refractivity contribution in [2.24, 2.45) is 4.99 Å². The molecule has 0 N–H and O–H groups in total. The molecule has 2 heteroatoms. The summed E-state index contributed by atoms with van der Waals surface area (Å²) < 4.78 is 5.63. The summed E-state index contributed by atoms with van der Waals surface area (Å²) in [7, 11) is 0. The first-order chi connectivity index (χ1) is 6.75. The van der Waals surface area contributed by atoms with E-state index < -0.39 is 0 Å². The molecular formula is C12H15NO. The van der Waals surface area contributed by atoms with Crippen molar-refractivity contribution in [1.82, 2.24) is 0 Å². The molecule has 1 aromatic rings. The van der Waals surface area contributed by atoms with E-state index in [1.165, 1.54) is 5.56 Å². The van der Waals surface area contributed by atoms with Crippen molar-refractivity contribution in [3.63, 3.8) is 0 Å². The Morgan fingerprint density at radius 3 is 2.50 bits per heavy atom. The van der Waals surface area contributed by atoms with Gasteiger partial charge < -0.3 is 4.74 Å². The number of aliphatic imine (C=N–C) groups is 1. The monoisotopic (exact) mass is 189 g/mol. The van der Waals surface area contributed by atoms with Gasteiger partial charge in [-0.2, -0.15) is 0 Å². The van der Waals surface area contributed by atoms with Gasteiger partial charge in [0, 0.05) is 6.42 Å². The molecule has 0 aliphatic carbocycles. The second-order valence-electron chi connectivity index (χ2n) is 3.75. The van der Waals surface area contributed by atoms with Crippen LogP contribution in [-0.2, 0) is 11.2 Å². The molecule has 0 saturated carbocycles. The van der Waals surface area contributed by atoms with Gasteiger partial charge in [0.1, 0.15) is 6.10 Å². The largest absolute Gasteiger partial charge is 0.475 e. The smallest absolute Gasteiger partial charge is 0.188 e. The van der Waals surface area contributed by atoms with Crippen molar-refractivity contribution >= 4 is 5.90 Å². The van der Waals surface area contributed by atoms with Gasteiger partial charge in [-0.05, 0) is 19.4 Å². The van der Waals surface area contributed by atoms with E-state index in [4.69, 9.17) is 4.74 Å². The Kier molecular flexibility index (Phi) is 2.53. The SMILES string of the molecule is CC1N=C(Cc2ccccc2)OC1C. The Bertz CT molecular complexity index is 331. The lowest BCUT2D eigenvalue weighted by Gasteiger charge is -2.07. The maximum atomic E-state index is 5.63. The Morgan fingerprint density at radius 2 is 1.93 bits per heavy atom.